The van der Waals surface area contributed by atoms with E-state index >= 15 is 0 Å². The molecule has 0 fully saturated rings. The molecule has 15 heavy (non-hydrogen) atoms. The highest BCUT2D eigenvalue weighted by Crippen LogP contribution is 2.30. The minimum atomic E-state index is -2.81. The van der Waals surface area contributed by atoms with Gasteiger partial charge in [0.05, 0.1) is 0 Å². The van der Waals surface area contributed by atoms with Gasteiger partial charge in [-0.3, -0.25) is 0 Å². The van der Waals surface area contributed by atoms with Gasteiger partial charge in [0.2, 0.25) is 0 Å². The summed E-state index contributed by atoms with van der Waals surface area (Å²) in [5, 5.41) is 0.524. The molecule has 1 aromatic rings. The SMILES string of the molecule is C=C(CBr)c1cccc(C)c1OC(F)F. The fourth-order valence-corrected chi connectivity index (χ4v) is 1.55. The second-order valence-electron chi connectivity index (χ2n) is 3.07. The molecule has 0 atom stereocenters. The van der Waals surface area contributed by atoms with Crippen molar-refractivity contribution in [1.29, 1.82) is 0 Å². The van der Waals surface area contributed by atoms with Crippen molar-refractivity contribution in [3.63, 3.8) is 0 Å². The Kier molecular flexibility index (Phi) is 4.27. The van der Waals surface area contributed by atoms with E-state index in [0.717, 1.165) is 0 Å². The second-order valence-corrected chi connectivity index (χ2v) is 3.63. The lowest BCUT2D eigenvalue weighted by molar-refractivity contribution is -0.0504. The summed E-state index contributed by atoms with van der Waals surface area (Å²) in [5.41, 5.74) is 2.01. The van der Waals surface area contributed by atoms with E-state index in [2.05, 4.69) is 27.2 Å². The highest BCUT2D eigenvalue weighted by atomic mass is 79.9. The first kappa shape index (κ1) is 12.2. The van der Waals surface area contributed by atoms with Crippen LogP contribution < -0.4 is 4.74 Å². The minimum absolute atomic E-state index is 0.206. The van der Waals surface area contributed by atoms with Crippen molar-refractivity contribution >= 4 is 21.5 Å². The maximum absolute atomic E-state index is 12.2. The molecule has 0 aromatic heterocycles. The van der Waals surface area contributed by atoms with Gasteiger partial charge in [0.15, 0.2) is 0 Å². The van der Waals surface area contributed by atoms with Crippen molar-refractivity contribution in [2.45, 2.75) is 13.5 Å². The Morgan fingerprint density at radius 2 is 2.20 bits per heavy atom. The third-order valence-electron chi connectivity index (χ3n) is 1.96. The molecule has 0 saturated carbocycles. The molecular formula is C11H11BrF2O. The van der Waals surface area contributed by atoms with E-state index in [1.807, 2.05) is 0 Å². The van der Waals surface area contributed by atoms with Gasteiger partial charge >= 0.3 is 6.61 Å². The number of rotatable bonds is 4. The number of halogens is 3. The minimum Gasteiger partial charge on any atom is -0.434 e. The lowest BCUT2D eigenvalue weighted by atomic mass is 10.0. The first-order chi connectivity index (χ1) is 7.06. The predicted octanol–water partition coefficient (Wildman–Crippen LogP) is 4.00. The van der Waals surface area contributed by atoms with E-state index in [4.69, 9.17) is 0 Å². The fourth-order valence-electron chi connectivity index (χ4n) is 1.25. The predicted molar refractivity (Wildman–Crippen MR) is 60.6 cm³/mol. The summed E-state index contributed by atoms with van der Waals surface area (Å²) in [6.07, 6.45) is 0. The lowest BCUT2D eigenvalue weighted by Crippen LogP contribution is -2.05. The van der Waals surface area contributed by atoms with Gasteiger partial charge in [-0.25, -0.2) is 0 Å². The molecule has 1 aromatic carbocycles. The lowest BCUT2D eigenvalue weighted by Gasteiger charge is -2.13. The average molecular weight is 277 g/mol. The van der Waals surface area contributed by atoms with Crippen molar-refractivity contribution in [3.8, 4) is 5.75 Å². The van der Waals surface area contributed by atoms with E-state index in [0.29, 0.717) is 22.0 Å². The summed E-state index contributed by atoms with van der Waals surface area (Å²) in [5.74, 6) is 0.206. The van der Waals surface area contributed by atoms with E-state index in [1.165, 1.54) is 0 Å². The zero-order chi connectivity index (χ0) is 11.4. The second kappa shape index (κ2) is 5.26. The molecule has 1 rings (SSSR count). The maximum Gasteiger partial charge on any atom is 0.387 e. The zero-order valence-electron chi connectivity index (χ0n) is 8.27. The summed E-state index contributed by atoms with van der Waals surface area (Å²) < 4.78 is 28.9. The van der Waals surface area contributed by atoms with Gasteiger partial charge in [-0.15, -0.1) is 0 Å². The van der Waals surface area contributed by atoms with Crippen LogP contribution in [0.2, 0.25) is 0 Å². The first-order valence-electron chi connectivity index (χ1n) is 4.34. The zero-order valence-corrected chi connectivity index (χ0v) is 9.85. The van der Waals surface area contributed by atoms with Gasteiger partial charge < -0.3 is 4.74 Å². The molecule has 0 amide bonds. The fraction of sp³-hybridized carbons (Fsp3) is 0.273. The van der Waals surface area contributed by atoms with Gasteiger partial charge in [0.25, 0.3) is 0 Å². The molecule has 82 valence electrons. The summed E-state index contributed by atoms with van der Waals surface area (Å²) in [4.78, 5) is 0. The Hall–Kier alpha value is -0.900. The van der Waals surface area contributed by atoms with Crippen LogP contribution in [0.15, 0.2) is 24.8 Å². The maximum atomic E-state index is 12.2. The van der Waals surface area contributed by atoms with E-state index in [-0.39, 0.29) is 5.75 Å². The van der Waals surface area contributed by atoms with Crippen molar-refractivity contribution in [2.75, 3.05) is 5.33 Å². The normalized spacial score (nSPS) is 10.5. The van der Waals surface area contributed by atoms with Crippen LogP contribution in [-0.4, -0.2) is 11.9 Å². The Morgan fingerprint density at radius 3 is 2.73 bits per heavy atom. The number of aryl methyl sites for hydroxylation is 1. The van der Waals surface area contributed by atoms with Gasteiger partial charge in [-0.2, -0.15) is 8.78 Å². The molecule has 0 N–H and O–H groups in total. The summed E-state index contributed by atoms with van der Waals surface area (Å²) >= 11 is 3.23. The Morgan fingerprint density at radius 1 is 1.53 bits per heavy atom. The van der Waals surface area contributed by atoms with Crippen LogP contribution >= 0.6 is 15.9 Å². The number of benzene rings is 1. The van der Waals surface area contributed by atoms with Crippen LogP contribution in [0, 0.1) is 6.92 Å². The Bertz CT molecular complexity index is 364. The Labute approximate surface area is 95.9 Å². The average Bonchev–Trinajstić information content (AvgIpc) is 2.19. The van der Waals surface area contributed by atoms with Crippen molar-refractivity contribution in [2.24, 2.45) is 0 Å². The molecule has 0 saturated heterocycles. The molecule has 0 heterocycles. The van der Waals surface area contributed by atoms with Crippen molar-refractivity contribution < 1.29 is 13.5 Å². The number of alkyl halides is 3. The number of ether oxygens (including phenoxy) is 1. The molecule has 0 unspecified atom stereocenters. The van der Waals surface area contributed by atoms with Crippen LogP contribution in [0.4, 0.5) is 8.78 Å². The molecule has 1 nitrogen and oxygen atoms in total. The quantitative estimate of drug-likeness (QED) is 0.756. The van der Waals surface area contributed by atoms with Gasteiger partial charge in [-0.05, 0) is 18.1 Å². The van der Waals surface area contributed by atoms with E-state index in [9.17, 15) is 8.78 Å². The molecule has 0 spiro atoms. The molecular weight excluding hydrogens is 266 g/mol. The Balaban J connectivity index is 3.14. The first-order valence-corrected chi connectivity index (χ1v) is 5.47. The van der Waals surface area contributed by atoms with Gasteiger partial charge in [-0.1, -0.05) is 40.7 Å². The van der Waals surface area contributed by atoms with Crippen molar-refractivity contribution in [1.82, 2.24) is 0 Å². The van der Waals surface area contributed by atoms with Crippen molar-refractivity contribution in [3.05, 3.63) is 35.9 Å². The number of hydrogen-bond acceptors (Lipinski definition) is 1. The highest BCUT2D eigenvalue weighted by molar-refractivity contribution is 9.09. The molecule has 0 radical (unpaired) electrons. The van der Waals surface area contributed by atoms with Crippen LogP contribution in [0.25, 0.3) is 5.57 Å². The third-order valence-corrected chi connectivity index (χ3v) is 2.64. The smallest absolute Gasteiger partial charge is 0.387 e. The topological polar surface area (TPSA) is 9.23 Å². The molecule has 0 aliphatic heterocycles. The summed E-state index contributed by atoms with van der Waals surface area (Å²) in [6, 6.07) is 5.23. The van der Waals surface area contributed by atoms with E-state index in [1.54, 1.807) is 25.1 Å². The van der Waals surface area contributed by atoms with Crippen LogP contribution in [-0.2, 0) is 0 Å². The standard InChI is InChI=1S/C11H11BrF2O/c1-7-4-3-5-9(8(2)6-12)10(7)15-11(13)14/h3-5,11H,2,6H2,1H3. The van der Waals surface area contributed by atoms with Gasteiger partial charge in [0.1, 0.15) is 5.75 Å². The number of allylic oxidation sites excluding steroid dienone is 1. The third kappa shape index (κ3) is 3.02. The molecule has 0 aliphatic rings. The van der Waals surface area contributed by atoms with Gasteiger partial charge in [0, 0.05) is 10.9 Å². The molecule has 4 heteroatoms. The monoisotopic (exact) mass is 276 g/mol. The number of para-hydroxylation sites is 1. The highest BCUT2D eigenvalue weighted by Gasteiger charge is 2.13. The summed E-state index contributed by atoms with van der Waals surface area (Å²) in [7, 11) is 0. The molecule has 0 bridgehead atoms. The summed E-state index contributed by atoms with van der Waals surface area (Å²) in [6.45, 7) is 2.69. The number of hydrogen-bond donors (Lipinski definition) is 0. The van der Waals surface area contributed by atoms with Crippen LogP contribution in [0.5, 0.6) is 5.75 Å². The van der Waals surface area contributed by atoms with Crippen LogP contribution in [0.3, 0.4) is 0 Å². The van der Waals surface area contributed by atoms with E-state index < -0.39 is 6.61 Å². The largest absolute Gasteiger partial charge is 0.434 e. The van der Waals surface area contributed by atoms with Crippen LogP contribution in [0.1, 0.15) is 11.1 Å². The molecule has 0 aliphatic carbocycles.